The minimum Gasteiger partial charge on any atom is -0.484 e. The first-order valence-corrected chi connectivity index (χ1v) is 7.65. The van der Waals surface area contributed by atoms with Crippen LogP contribution in [0.1, 0.15) is 20.8 Å². The van der Waals surface area contributed by atoms with E-state index in [2.05, 4.69) is 0 Å². The number of hydrogen-bond acceptors (Lipinski definition) is 4. The largest absolute Gasteiger partial charge is 0.484 e. The van der Waals surface area contributed by atoms with Crippen LogP contribution in [0.25, 0.3) is 0 Å². The lowest BCUT2D eigenvalue weighted by Gasteiger charge is -2.17. The number of carbonyl (C=O) groups excluding carboxylic acids is 2. The first kappa shape index (κ1) is 16.0. The summed E-state index contributed by atoms with van der Waals surface area (Å²) in [5.74, 6) is -0.0902. The molecule has 0 radical (unpaired) electrons. The number of nitrogens with two attached hydrogens (primary N) is 1. The fourth-order valence-electron chi connectivity index (χ4n) is 1.92. The van der Waals surface area contributed by atoms with Crippen molar-refractivity contribution in [3.05, 3.63) is 51.7 Å². The molecule has 1 aromatic carbocycles. The molecule has 5 nitrogen and oxygen atoms in total. The van der Waals surface area contributed by atoms with Gasteiger partial charge in [-0.15, -0.1) is 11.3 Å². The van der Waals surface area contributed by atoms with Gasteiger partial charge in [0.05, 0.1) is 6.54 Å². The maximum absolute atomic E-state index is 12.4. The van der Waals surface area contributed by atoms with E-state index in [4.69, 9.17) is 10.5 Å². The molecule has 1 aromatic heterocycles. The van der Waals surface area contributed by atoms with Crippen molar-refractivity contribution in [3.63, 3.8) is 0 Å². The van der Waals surface area contributed by atoms with Gasteiger partial charge in [0.1, 0.15) is 5.75 Å². The minimum absolute atomic E-state index is 0.0609. The second-order valence-electron chi connectivity index (χ2n) is 4.97. The van der Waals surface area contributed by atoms with Gasteiger partial charge in [-0.25, -0.2) is 0 Å². The summed E-state index contributed by atoms with van der Waals surface area (Å²) in [6, 6.07) is 8.71. The monoisotopic (exact) mass is 318 g/mol. The third-order valence-corrected chi connectivity index (χ3v) is 4.19. The Bertz CT molecular complexity index is 664. The molecule has 0 spiro atoms. The first-order chi connectivity index (χ1) is 10.5. The van der Waals surface area contributed by atoms with Gasteiger partial charge in [0.2, 0.25) is 0 Å². The highest BCUT2D eigenvalue weighted by Crippen LogP contribution is 2.19. The Hall–Kier alpha value is -2.34. The van der Waals surface area contributed by atoms with E-state index in [-0.39, 0.29) is 12.5 Å². The highest BCUT2D eigenvalue weighted by atomic mass is 32.1. The molecule has 116 valence electrons. The Morgan fingerprint density at radius 3 is 2.45 bits per heavy atom. The number of thiophene rings is 1. The van der Waals surface area contributed by atoms with Crippen LogP contribution in [0.15, 0.2) is 35.7 Å². The summed E-state index contributed by atoms with van der Waals surface area (Å²) in [6.07, 6.45) is 0. The molecule has 2 N–H and O–H groups in total. The van der Waals surface area contributed by atoms with E-state index in [0.29, 0.717) is 17.9 Å². The molecule has 0 atom stereocenters. The number of benzene rings is 1. The summed E-state index contributed by atoms with van der Waals surface area (Å²) < 4.78 is 5.17. The molecule has 2 amide bonds. The fraction of sp³-hybridized carbons (Fsp3) is 0.250. The molecule has 2 rings (SSSR count). The predicted octanol–water partition coefficient (Wildman–Crippen LogP) is 2.19. The van der Waals surface area contributed by atoms with E-state index in [0.717, 1.165) is 0 Å². The lowest BCUT2D eigenvalue weighted by Crippen LogP contribution is -2.26. The van der Waals surface area contributed by atoms with Gasteiger partial charge in [0.15, 0.2) is 6.61 Å². The van der Waals surface area contributed by atoms with Gasteiger partial charge in [-0.05, 0) is 48.2 Å². The number of amides is 2. The Morgan fingerprint density at radius 1 is 1.23 bits per heavy atom. The molecule has 0 saturated heterocycles. The van der Waals surface area contributed by atoms with Gasteiger partial charge in [-0.1, -0.05) is 0 Å². The summed E-state index contributed by atoms with van der Waals surface area (Å²) in [5, 5.41) is 2.02. The zero-order valence-corrected chi connectivity index (χ0v) is 13.4. The van der Waals surface area contributed by atoms with Gasteiger partial charge in [0.25, 0.3) is 11.8 Å². The molecule has 1 heterocycles. The Kier molecular flexibility index (Phi) is 5.16. The molecule has 0 saturated carbocycles. The molecule has 6 heteroatoms. The van der Waals surface area contributed by atoms with Gasteiger partial charge in [0, 0.05) is 17.5 Å². The van der Waals surface area contributed by atoms with Crippen LogP contribution in [0, 0.1) is 6.92 Å². The molecule has 0 aliphatic heterocycles. The molecular formula is C16H18N2O3S. The zero-order valence-electron chi connectivity index (χ0n) is 12.5. The van der Waals surface area contributed by atoms with Crippen molar-refractivity contribution in [1.29, 1.82) is 0 Å². The Morgan fingerprint density at radius 2 is 1.91 bits per heavy atom. The Balaban J connectivity index is 1.99. The third-order valence-electron chi connectivity index (χ3n) is 3.18. The van der Waals surface area contributed by atoms with Gasteiger partial charge in [-0.3, -0.25) is 9.59 Å². The number of primary amides is 1. The highest BCUT2D eigenvalue weighted by molar-refractivity contribution is 7.10. The summed E-state index contributed by atoms with van der Waals surface area (Å²) >= 11 is 1.64. The van der Waals surface area contributed by atoms with Crippen molar-refractivity contribution in [2.75, 3.05) is 13.7 Å². The molecule has 2 aromatic rings. The van der Waals surface area contributed by atoms with Crippen LogP contribution in [-0.2, 0) is 11.3 Å². The number of ether oxygens (including phenoxy) is 1. The average molecular weight is 318 g/mol. The van der Waals surface area contributed by atoms with Crippen LogP contribution in [-0.4, -0.2) is 30.4 Å². The van der Waals surface area contributed by atoms with Crippen LogP contribution in [0.4, 0.5) is 0 Å². The van der Waals surface area contributed by atoms with E-state index in [1.165, 1.54) is 10.4 Å². The second-order valence-corrected chi connectivity index (χ2v) is 5.97. The number of aryl methyl sites for hydroxylation is 1. The maximum Gasteiger partial charge on any atom is 0.255 e. The van der Waals surface area contributed by atoms with E-state index >= 15 is 0 Å². The van der Waals surface area contributed by atoms with E-state index in [1.54, 1.807) is 47.5 Å². The summed E-state index contributed by atoms with van der Waals surface area (Å²) in [6.45, 7) is 2.45. The van der Waals surface area contributed by atoms with Gasteiger partial charge >= 0.3 is 0 Å². The lowest BCUT2D eigenvalue weighted by atomic mass is 10.2. The van der Waals surface area contributed by atoms with Crippen LogP contribution < -0.4 is 10.5 Å². The summed E-state index contributed by atoms with van der Waals surface area (Å²) in [4.78, 5) is 25.9. The third kappa shape index (κ3) is 4.08. The average Bonchev–Trinajstić information content (AvgIpc) is 2.90. The highest BCUT2D eigenvalue weighted by Gasteiger charge is 2.13. The molecule has 0 fully saturated rings. The lowest BCUT2D eigenvalue weighted by molar-refractivity contribution is -0.119. The fourth-order valence-corrected chi connectivity index (χ4v) is 2.88. The normalized spacial score (nSPS) is 10.3. The number of carbonyl (C=O) groups is 2. The van der Waals surface area contributed by atoms with E-state index in [9.17, 15) is 9.59 Å². The second kappa shape index (κ2) is 7.09. The zero-order chi connectivity index (χ0) is 16.1. The Labute approximate surface area is 133 Å². The molecule has 0 aliphatic carbocycles. The number of nitrogens with zero attached hydrogens (tertiary/aromatic N) is 1. The minimum atomic E-state index is -0.536. The molecule has 0 unspecified atom stereocenters. The number of rotatable bonds is 6. The van der Waals surface area contributed by atoms with Crippen LogP contribution in [0.2, 0.25) is 0 Å². The van der Waals surface area contributed by atoms with Crippen molar-refractivity contribution in [2.45, 2.75) is 13.5 Å². The topological polar surface area (TPSA) is 72.6 Å². The standard InChI is InChI=1S/C16H18N2O3S/c1-11-7-8-22-14(11)9-18(2)16(20)12-3-5-13(6-4-12)21-10-15(17)19/h3-8H,9-10H2,1-2H3,(H2,17,19). The quantitative estimate of drug-likeness (QED) is 0.887. The van der Waals surface area contributed by atoms with Crippen molar-refractivity contribution >= 4 is 23.2 Å². The molecule has 22 heavy (non-hydrogen) atoms. The van der Waals surface area contributed by atoms with E-state index in [1.807, 2.05) is 18.4 Å². The SMILES string of the molecule is Cc1ccsc1CN(C)C(=O)c1ccc(OCC(N)=O)cc1. The summed E-state index contributed by atoms with van der Waals surface area (Å²) in [5.41, 5.74) is 6.78. The van der Waals surface area contributed by atoms with Crippen LogP contribution in [0.5, 0.6) is 5.75 Å². The van der Waals surface area contributed by atoms with Crippen molar-refractivity contribution in [2.24, 2.45) is 5.73 Å². The van der Waals surface area contributed by atoms with E-state index < -0.39 is 5.91 Å². The van der Waals surface area contributed by atoms with Crippen LogP contribution in [0.3, 0.4) is 0 Å². The molecule has 0 bridgehead atoms. The van der Waals surface area contributed by atoms with Crippen LogP contribution >= 0.6 is 11.3 Å². The van der Waals surface area contributed by atoms with Crippen molar-refractivity contribution in [3.8, 4) is 5.75 Å². The van der Waals surface area contributed by atoms with Gasteiger partial charge < -0.3 is 15.4 Å². The molecule has 0 aliphatic rings. The smallest absolute Gasteiger partial charge is 0.255 e. The number of hydrogen-bond donors (Lipinski definition) is 1. The van der Waals surface area contributed by atoms with Crippen molar-refractivity contribution in [1.82, 2.24) is 4.90 Å². The molecular weight excluding hydrogens is 300 g/mol. The van der Waals surface area contributed by atoms with Crippen molar-refractivity contribution < 1.29 is 14.3 Å². The first-order valence-electron chi connectivity index (χ1n) is 6.77. The summed E-state index contributed by atoms with van der Waals surface area (Å²) in [7, 11) is 1.78. The predicted molar refractivity (Wildman–Crippen MR) is 86.0 cm³/mol. The van der Waals surface area contributed by atoms with Gasteiger partial charge in [-0.2, -0.15) is 0 Å². The maximum atomic E-state index is 12.4.